The molecule has 158 valence electrons. The van der Waals surface area contributed by atoms with E-state index in [-0.39, 0.29) is 16.3 Å². The number of aromatic nitrogens is 1. The number of nitrogens with zero attached hydrogens (tertiary/aromatic N) is 2. The van der Waals surface area contributed by atoms with E-state index < -0.39 is 12.0 Å². The number of halogens is 2. The molecule has 0 saturated carbocycles. The van der Waals surface area contributed by atoms with Crippen molar-refractivity contribution in [1.82, 2.24) is 4.57 Å². The lowest BCUT2D eigenvalue weighted by Crippen LogP contribution is -2.39. The van der Waals surface area contributed by atoms with Crippen molar-refractivity contribution < 1.29 is 14.6 Å². The second kappa shape index (κ2) is 8.34. The molecule has 0 fully saturated rings. The van der Waals surface area contributed by atoms with E-state index in [9.17, 15) is 14.7 Å². The molecule has 2 heterocycles. The molecule has 1 aliphatic heterocycles. The van der Waals surface area contributed by atoms with Gasteiger partial charge in [-0.3, -0.25) is 9.36 Å². The maximum atomic E-state index is 13.4. The van der Waals surface area contributed by atoms with Gasteiger partial charge in [0, 0.05) is 10.6 Å². The van der Waals surface area contributed by atoms with Gasteiger partial charge in [-0.1, -0.05) is 64.9 Å². The highest BCUT2D eigenvalue weighted by molar-refractivity contribution is 7.07. The van der Waals surface area contributed by atoms with E-state index in [0.717, 1.165) is 16.9 Å². The standard InChI is InChI=1S/C22H16Cl2N2O4S/c1-11-17(21(29)30-2)18(12-6-4-3-5-7-12)26-20(28)16(31-22(26)25-11)9-13-8-14(23)10-15(24)19(13)27/h3-10,18,27H,1-2H3/b16-9-/t18-/m1/s1. The number of benzene rings is 2. The van der Waals surface area contributed by atoms with Gasteiger partial charge in [-0.2, -0.15) is 0 Å². The number of phenolic OH excluding ortho intramolecular Hbond substituents is 1. The summed E-state index contributed by atoms with van der Waals surface area (Å²) in [5, 5.41) is 10.7. The lowest BCUT2D eigenvalue weighted by atomic mass is 9.96. The summed E-state index contributed by atoms with van der Waals surface area (Å²) in [6.45, 7) is 1.71. The van der Waals surface area contributed by atoms with Gasteiger partial charge in [0.25, 0.3) is 5.56 Å². The highest BCUT2D eigenvalue weighted by atomic mass is 35.5. The second-order valence-corrected chi connectivity index (χ2v) is 8.66. The minimum Gasteiger partial charge on any atom is -0.506 e. The van der Waals surface area contributed by atoms with Crippen LogP contribution in [0.4, 0.5) is 0 Å². The summed E-state index contributed by atoms with van der Waals surface area (Å²) < 4.78 is 6.75. The van der Waals surface area contributed by atoms with Crippen LogP contribution in [-0.2, 0) is 9.53 Å². The number of rotatable bonds is 3. The number of ether oxygens (including phenoxy) is 1. The first-order valence-corrected chi connectivity index (χ1v) is 10.7. The number of allylic oxidation sites excluding steroid dienone is 1. The molecule has 1 aliphatic rings. The summed E-state index contributed by atoms with van der Waals surface area (Å²) in [5.74, 6) is -0.730. The van der Waals surface area contributed by atoms with E-state index in [1.165, 1.54) is 29.9 Å². The molecule has 4 rings (SSSR count). The van der Waals surface area contributed by atoms with E-state index in [1.54, 1.807) is 6.92 Å². The van der Waals surface area contributed by atoms with Gasteiger partial charge in [0.2, 0.25) is 0 Å². The highest BCUT2D eigenvalue weighted by Gasteiger charge is 2.32. The van der Waals surface area contributed by atoms with Crippen LogP contribution in [0.25, 0.3) is 6.08 Å². The molecule has 0 radical (unpaired) electrons. The Bertz CT molecular complexity index is 1410. The van der Waals surface area contributed by atoms with Crippen LogP contribution >= 0.6 is 34.5 Å². The van der Waals surface area contributed by atoms with Crippen LogP contribution in [0.3, 0.4) is 0 Å². The molecule has 0 aliphatic carbocycles. The molecule has 1 atom stereocenters. The molecule has 6 nitrogen and oxygen atoms in total. The Labute approximate surface area is 191 Å². The van der Waals surface area contributed by atoms with E-state index >= 15 is 0 Å². The molecule has 0 amide bonds. The van der Waals surface area contributed by atoms with Gasteiger partial charge >= 0.3 is 5.97 Å². The lowest BCUT2D eigenvalue weighted by Gasteiger charge is -2.24. The Kier molecular flexibility index (Phi) is 5.75. The van der Waals surface area contributed by atoms with Crippen LogP contribution in [0, 0.1) is 0 Å². The largest absolute Gasteiger partial charge is 0.506 e. The molecule has 31 heavy (non-hydrogen) atoms. The second-order valence-electron chi connectivity index (χ2n) is 6.81. The molecule has 2 aromatic carbocycles. The van der Waals surface area contributed by atoms with Crippen molar-refractivity contribution in [3.63, 3.8) is 0 Å². The van der Waals surface area contributed by atoms with E-state index in [4.69, 9.17) is 27.9 Å². The topological polar surface area (TPSA) is 80.9 Å². The molecule has 9 heteroatoms. The van der Waals surface area contributed by atoms with Crippen molar-refractivity contribution in [1.29, 1.82) is 0 Å². The lowest BCUT2D eigenvalue weighted by molar-refractivity contribution is -0.136. The van der Waals surface area contributed by atoms with Gasteiger partial charge in [0.1, 0.15) is 5.75 Å². The fourth-order valence-electron chi connectivity index (χ4n) is 3.48. The summed E-state index contributed by atoms with van der Waals surface area (Å²) in [4.78, 5) is 30.9. The van der Waals surface area contributed by atoms with Crippen molar-refractivity contribution >= 4 is 46.6 Å². The summed E-state index contributed by atoms with van der Waals surface area (Å²) in [7, 11) is 1.29. The molecule has 0 unspecified atom stereocenters. The molecular formula is C22H16Cl2N2O4S. The molecule has 0 bridgehead atoms. The molecule has 3 aromatic rings. The molecule has 1 aromatic heterocycles. The average molecular weight is 475 g/mol. The SMILES string of the molecule is COC(=O)C1=C(C)N=c2s/c(=C\c3cc(Cl)cc(Cl)c3O)c(=O)n2[C@@H]1c1ccccc1. The van der Waals surface area contributed by atoms with Crippen molar-refractivity contribution in [2.24, 2.45) is 4.99 Å². The predicted molar refractivity (Wildman–Crippen MR) is 120 cm³/mol. The molecule has 1 N–H and O–H groups in total. The first kappa shape index (κ1) is 21.4. The number of esters is 1. The number of phenols is 1. The average Bonchev–Trinajstić information content (AvgIpc) is 3.05. The maximum Gasteiger partial charge on any atom is 0.338 e. The smallest absolute Gasteiger partial charge is 0.338 e. The molecule has 0 spiro atoms. The fraction of sp³-hybridized carbons (Fsp3) is 0.136. The Balaban J connectivity index is 2.00. The maximum absolute atomic E-state index is 13.4. The Morgan fingerprint density at radius 3 is 2.65 bits per heavy atom. The van der Waals surface area contributed by atoms with Gasteiger partial charge in [0.15, 0.2) is 4.80 Å². The van der Waals surface area contributed by atoms with E-state index in [2.05, 4.69) is 4.99 Å². The molecule has 0 saturated heterocycles. The first-order valence-electron chi connectivity index (χ1n) is 9.15. The zero-order valence-corrected chi connectivity index (χ0v) is 18.8. The number of carbonyl (C=O) groups is 1. The number of hydrogen-bond donors (Lipinski definition) is 1. The normalized spacial score (nSPS) is 16.1. The van der Waals surface area contributed by atoms with Crippen molar-refractivity contribution in [2.45, 2.75) is 13.0 Å². The van der Waals surface area contributed by atoms with Gasteiger partial charge in [-0.15, -0.1) is 0 Å². The summed E-state index contributed by atoms with van der Waals surface area (Å²) >= 11 is 13.2. The number of hydrogen-bond acceptors (Lipinski definition) is 6. The number of methoxy groups -OCH3 is 1. The van der Waals surface area contributed by atoms with Crippen molar-refractivity contribution in [3.8, 4) is 5.75 Å². The third-order valence-electron chi connectivity index (χ3n) is 4.89. The highest BCUT2D eigenvalue weighted by Crippen LogP contribution is 2.32. The Hall–Kier alpha value is -2.87. The van der Waals surface area contributed by atoms with E-state index in [0.29, 0.717) is 31.2 Å². The van der Waals surface area contributed by atoms with Crippen LogP contribution in [0.1, 0.15) is 24.1 Å². The quantitative estimate of drug-likeness (QED) is 0.589. The van der Waals surface area contributed by atoms with E-state index in [1.807, 2.05) is 30.3 Å². The van der Waals surface area contributed by atoms with Crippen LogP contribution in [-0.4, -0.2) is 22.8 Å². The van der Waals surface area contributed by atoms with Crippen LogP contribution < -0.4 is 14.9 Å². The number of fused-ring (bicyclic) bond motifs is 1. The summed E-state index contributed by atoms with van der Waals surface area (Å²) in [5.41, 5.74) is 1.46. The van der Waals surface area contributed by atoms with Crippen molar-refractivity contribution in [3.05, 3.63) is 94.6 Å². The van der Waals surface area contributed by atoms with Crippen LogP contribution in [0.15, 0.2) is 63.5 Å². The van der Waals surface area contributed by atoms with Crippen LogP contribution in [0.5, 0.6) is 5.75 Å². The third kappa shape index (κ3) is 3.80. The predicted octanol–water partition coefficient (Wildman–Crippen LogP) is 3.42. The minimum absolute atomic E-state index is 0.0810. The zero-order valence-electron chi connectivity index (χ0n) is 16.4. The van der Waals surface area contributed by atoms with Gasteiger partial charge in [0.05, 0.1) is 34.0 Å². The summed E-state index contributed by atoms with van der Waals surface area (Å²) in [6.07, 6.45) is 1.51. The fourth-order valence-corrected chi connectivity index (χ4v) is 5.03. The third-order valence-corrected chi connectivity index (χ3v) is 6.38. The number of carbonyl (C=O) groups excluding carboxylic acids is 1. The Morgan fingerprint density at radius 1 is 1.26 bits per heavy atom. The monoisotopic (exact) mass is 474 g/mol. The van der Waals surface area contributed by atoms with Crippen molar-refractivity contribution in [2.75, 3.05) is 7.11 Å². The number of thiazole rings is 1. The number of aromatic hydroxyl groups is 1. The first-order chi connectivity index (χ1) is 14.8. The van der Waals surface area contributed by atoms with Gasteiger partial charge < -0.3 is 9.84 Å². The van der Waals surface area contributed by atoms with Gasteiger partial charge in [-0.05, 0) is 30.7 Å². The zero-order chi connectivity index (χ0) is 22.3. The molecular weight excluding hydrogens is 459 g/mol. The summed E-state index contributed by atoms with van der Waals surface area (Å²) in [6, 6.07) is 11.4. The minimum atomic E-state index is -0.691. The van der Waals surface area contributed by atoms with Crippen LogP contribution in [0.2, 0.25) is 10.0 Å². The van der Waals surface area contributed by atoms with Gasteiger partial charge in [-0.25, -0.2) is 9.79 Å². The Morgan fingerprint density at radius 2 is 1.97 bits per heavy atom.